The van der Waals surface area contributed by atoms with E-state index in [2.05, 4.69) is 37.9 Å². The fraction of sp³-hybridized carbons (Fsp3) is 0.514. The number of fused-ring (bicyclic) bond motifs is 1. The van der Waals surface area contributed by atoms with Gasteiger partial charge in [0, 0.05) is 46.8 Å². The summed E-state index contributed by atoms with van der Waals surface area (Å²) in [6.45, 7) is 9.57. The van der Waals surface area contributed by atoms with Crippen molar-refractivity contribution in [2.45, 2.75) is 88.8 Å². The van der Waals surface area contributed by atoms with Gasteiger partial charge in [-0.25, -0.2) is 9.38 Å². The second-order valence-corrected chi connectivity index (χ2v) is 15.7. The Hall–Kier alpha value is -2.59. The van der Waals surface area contributed by atoms with E-state index >= 15 is 4.39 Å². The summed E-state index contributed by atoms with van der Waals surface area (Å²) in [4.78, 5) is 40.2. The van der Waals surface area contributed by atoms with Gasteiger partial charge in [-0.2, -0.15) is 0 Å². The molecular weight excluding hydrogens is 644 g/mol. The Morgan fingerprint density at radius 1 is 1.07 bits per heavy atom. The highest BCUT2D eigenvalue weighted by molar-refractivity contribution is 8.18. The number of carbonyl (C=O) groups is 2. The molecule has 1 spiro atoms. The molecule has 7 nitrogen and oxygen atoms in total. The van der Waals surface area contributed by atoms with Crippen LogP contribution in [0.1, 0.15) is 70.5 Å². The molecule has 2 aromatic rings. The van der Waals surface area contributed by atoms with E-state index in [0.29, 0.717) is 26.7 Å². The molecule has 4 aliphatic heterocycles. The monoisotopic (exact) mass is 683 g/mol. The van der Waals surface area contributed by atoms with Crippen LogP contribution in [0.15, 0.2) is 64.1 Å². The molecule has 7 rings (SSSR count). The molecule has 2 aromatic carbocycles. The second kappa shape index (κ2) is 11.8. The SMILES string of the molecule is CC[C@H]1CNC2(CC2)CN1C(=O)[C@@H]1C[C@@H](F)CN1C(=O)C1=C(C(C)C)N2C(=N[C@@](C)(c3ccc(Cl)cc3)[C@H]2c2ccc(Cl)cc2)S1. The van der Waals surface area contributed by atoms with Crippen LogP contribution in [0.2, 0.25) is 10.0 Å². The number of likely N-dealkylation sites (tertiary alicyclic amines) is 1. The topological polar surface area (TPSA) is 68.2 Å². The first-order valence-electron chi connectivity index (χ1n) is 16.3. The smallest absolute Gasteiger partial charge is 0.263 e. The number of benzene rings is 2. The molecule has 0 bridgehead atoms. The number of aliphatic imine (C=N–C) groups is 1. The van der Waals surface area contributed by atoms with E-state index in [9.17, 15) is 9.59 Å². The zero-order chi connectivity index (χ0) is 32.5. The minimum Gasteiger partial charge on any atom is -0.335 e. The van der Waals surface area contributed by atoms with E-state index < -0.39 is 17.8 Å². The summed E-state index contributed by atoms with van der Waals surface area (Å²) in [5.74, 6) is -0.474. The molecule has 2 amide bonds. The maximum absolute atomic E-state index is 15.2. The lowest BCUT2D eigenvalue weighted by Crippen LogP contribution is -2.62. The minimum absolute atomic E-state index is 0.0190. The number of piperazine rings is 1. The number of hydrogen-bond donors (Lipinski definition) is 1. The number of allylic oxidation sites excluding steroid dienone is 1. The number of rotatable bonds is 6. The van der Waals surface area contributed by atoms with Crippen LogP contribution in [-0.4, -0.2) is 75.1 Å². The summed E-state index contributed by atoms with van der Waals surface area (Å²) in [5, 5.41) is 5.62. The number of halogens is 3. The fourth-order valence-electron chi connectivity index (χ4n) is 7.69. The number of nitrogens with zero attached hydrogens (tertiary/aromatic N) is 4. The molecule has 5 atom stereocenters. The van der Waals surface area contributed by atoms with Crippen LogP contribution in [0.4, 0.5) is 4.39 Å². The van der Waals surface area contributed by atoms with Crippen molar-refractivity contribution in [2.75, 3.05) is 19.6 Å². The Kier molecular flexibility index (Phi) is 8.22. The van der Waals surface area contributed by atoms with Crippen molar-refractivity contribution in [3.8, 4) is 0 Å². The van der Waals surface area contributed by atoms with Crippen molar-refractivity contribution < 1.29 is 14.0 Å². The zero-order valence-electron chi connectivity index (χ0n) is 26.6. The summed E-state index contributed by atoms with van der Waals surface area (Å²) in [6.07, 6.45) is 1.65. The van der Waals surface area contributed by atoms with Gasteiger partial charge in [0.25, 0.3) is 5.91 Å². The van der Waals surface area contributed by atoms with Crippen LogP contribution in [0.3, 0.4) is 0 Å². The number of thioether (sulfide) groups is 1. The molecule has 11 heteroatoms. The first kappa shape index (κ1) is 32.0. The van der Waals surface area contributed by atoms with Crippen molar-refractivity contribution in [2.24, 2.45) is 10.9 Å². The first-order valence-corrected chi connectivity index (χ1v) is 17.8. The lowest BCUT2D eigenvalue weighted by Gasteiger charge is -2.42. The molecule has 2 saturated heterocycles. The number of amides is 2. The van der Waals surface area contributed by atoms with Gasteiger partial charge in [0.15, 0.2) is 5.17 Å². The van der Waals surface area contributed by atoms with Crippen LogP contribution in [0.25, 0.3) is 0 Å². The summed E-state index contributed by atoms with van der Waals surface area (Å²) < 4.78 is 15.2. The Morgan fingerprint density at radius 2 is 1.72 bits per heavy atom. The third-order valence-corrected chi connectivity index (χ3v) is 12.0. The molecule has 1 saturated carbocycles. The molecule has 1 N–H and O–H groups in total. The van der Waals surface area contributed by atoms with Crippen molar-refractivity contribution >= 4 is 51.9 Å². The van der Waals surface area contributed by atoms with Crippen molar-refractivity contribution in [1.82, 2.24) is 20.0 Å². The van der Waals surface area contributed by atoms with E-state index in [1.54, 1.807) is 0 Å². The largest absolute Gasteiger partial charge is 0.335 e. The molecule has 1 aliphatic carbocycles. The van der Waals surface area contributed by atoms with Crippen LogP contribution in [-0.2, 0) is 15.1 Å². The molecule has 244 valence electrons. The predicted molar refractivity (Wildman–Crippen MR) is 182 cm³/mol. The average Bonchev–Trinajstić information content (AvgIpc) is 3.35. The van der Waals surface area contributed by atoms with Gasteiger partial charge in [-0.3, -0.25) is 9.59 Å². The summed E-state index contributed by atoms with van der Waals surface area (Å²) in [6, 6.07) is 14.4. The first-order chi connectivity index (χ1) is 21.9. The normalized spacial score (nSPS) is 30.0. The minimum atomic E-state index is -1.25. The Bertz CT molecular complexity index is 1610. The van der Waals surface area contributed by atoms with Crippen LogP contribution in [0.5, 0.6) is 0 Å². The van der Waals surface area contributed by atoms with Gasteiger partial charge in [-0.1, -0.05) is 68.2 Å². The van der Waals surface area contributed by atoms with E-state index in [1.807, 2.05) is 53.4 Å². The summed E-state index contributed by atoms with van der Waals surface area (Å²) in [7, 11) is 0. The quantitative estimate of drug-likeness (QED) is 0.358. The summed E-state index contributed by atoms with van der Waals surface area (Å²) >= 11 is 13.9. The third-order valence-electron chi connectivity index (χ3n) is 10.4. The molecule has 0 unspecified atom stereocenters. The Morgan fingerprint density at radius 3 is 2.33 bits per heavy atom. The van der Waals surface area contributed by atoms with Crippen molar-refractivity contribution in [3.05, 3.63) is 80.3 Å². The van der Waals surface area contributed by atoms with Gasteiger partial charge in [-0.15, -0.1) is 0 Å². The van der Waals surface area contributed by atoms with Gasteiger partial charge in [0.05, 0.1) is 12.6 Å². The van der Waals surface area contributed by atoms with Crippen LogP contribution >= 0.6 is 35.0 Å². The van der Waals surface area contributed by atoms with Gasteiger partial charge in [0.1, 0.15) is 22.7 Å². The van der Waals surface area contributed by atoms with Crippen LogP contribution < -0.4 is 5.32 Å². The van der Waals surface area contributed by atoms with E-state index in [4.69, 9.17) is 28.2 Å². The van der Waals surface area contributed by atoms with Crippen molar-refractivity contribution in [1.29, 1.82) is 0 Å². The van der Waals surface area contributed by atoms with E-state index in [1.165, 1.54) is 16.7 Å². The molecule has 5 aliphatic rings. The van der Waals surface area contributed by atoms with Gasteiger partial charge in [0.2, 0.25) is 5.91 Å². The highest BCUT2D eigenvalue weighted by Crippen LogP contribution is 2.56. The second-order valence-electron chi connectivity index (χ2n) is 13.8. The zero-order valence-corrected chi connectivity index (χ0v) is 28.9. The van der Waals surface area contributed by atoms with E-state index in [-0.39, 0.29) is 48.3 Å². The fourth-order valence-corrected chi connectivity index (χ4v) is 9.31. The van der Waals surface area contributed by atoms with E-state index in [0.717, 1.165) is 42.6 Å². The molecule has 0 aromatic heterocycles. The number of carbonyl (C=O) groups excluding carboxylic acids is 2. The molecule has 3 fully saturated rings. The number of alkyl halides is 1. The highest BCUT2D eigenvalue weighted by atomic mass is 35.5. The predicted octanol–water partition coefficient (Wildman–Crippen LogP) is 6.92. The molecular formula is C35H40Cl2FN5O2S. The number of amidine groups is 1. The number of hydrogen-bond acceptors (Lipinski definition) is 6. The maximum Gasteiger partial charge on any atom is 0.263 e. The lowest BCUT2D eigenvalue weighted by atomic mass is 9.81. The molecule has 4 heterocycles. The Labute approximate surface area is 284 Å². The average molecular weight is 685 g/mol. The lowest BCUT2D eigenvalue weighted by molar-refractivity contribution is -0.145. The standard InChI is InChI=1S/C35H40Cl2FN5O2S/c1-5-26-17-39-35(14-15-35)19-42(26)31(44)27-16-25(38)18-41(27)32(45)29-28(20(2)3)43-30(21-6-10-23(36)11-7-21)34(4,40-33(43)46-29)22-8-12-24(37)13-9-22/h6-13,20,25-27,30,39H,5,14-19H2,1-4H3/t25-,26+,27+,30-,34+/m1/s1. The summed E-state index contributed by atoms with van der Waals surface area (Å²) in [5.41, 5.74) is 2.13. The molecule has 0 radical (unpaired) electrons. The Balaban J connectivity index is 1.25. The van der Waals surface area contributed by atoms with Gasteiger partial charge < -0.3 is 20.0 Å². The van der Waals surface area contributed by atoms with Gasteiger partial charge >= 0.3 is 0 Å². The van der Waals surface area contributed by atoms with Crippen LogP contribution in [0, 0.1) is 5.92 Å². The highest BCUT2D eigenvalue weighted by Gasteiger charge is 2.55. The number of nitrogens with one attached hydrogen (secondary N) is 1. The third kappa shape index (κ3) is 5.35. The maximum atomic E-state index is 15.2. The van der Waals surface area contributed by atoms with Gasteiger partial charge in [-0.05, 0) is 79.3 Å². The molecule has 46 heavy (non-hydrogen) atoms. The van der Waals surface area contributed by atoms with Crippen molar-refractivity contribution in [3.63, 3.8) is 0 Å².